The molecular formula is C26H30N4O2. The molecule has 1 aliphatic heterocycles. The van der Waals surface area contributed by atoms with Crippen LogP contribution in [0.2, 0.25) is 0 Å². The maximum absolute atomic E-state index is 12.9. The number of urea groups is 1. The molecule has 6 heteroatoms. The lowest BCUT2D eigenvalue weighted by atomic mass is 9.98. The first-order valence-electron chi connectivity index (χ1n) is 11.2. The molecule has 166 valence electrons. The zero-order valence-electron chi connectivity index (χ0n) is 18.4. The molecule has 32 heavy (non-hydrogen) atoms. The molecule has 1 heterocycles. The van der Waals surface area contributed by atoms with Crippen LogP contribution in [0.3, 0.4) is 0 Å². The third-order valence-electron chi connectivity index (χ3n) is 6.07. The summed E-state index contributed by atoms with van der Waals surface area (Å²) in [5.41, 5.74) is 3.09. The second-order valence-corrected chi connectivity index (χ2v) is 8.38. The molecule has 3 aromatic carbocycles. The van der Waals surface area contributed by atoms with Gasteiger partial charge in [0.15, 0.2) is 0 Å². The van der Waals surface area contributed by atoms with Crippen LogP contribution in [-0.2, 0) is 6.54 Å². The predicted molar refractivity (Wildman–Crippen MR) is 129 cm³/mol. The predicted octanol–water partition coefficient (Wildman–Crippen LogP) is 4.20. The van der Waals surface area contributed by atoms with Gasteiger partial charge in [-0.1, -0.05) is 48.5 Å². The summed E-state index contributed by atoms with van der Waals surface area (Å²) in [7, 11) is 0. The molecule has 0 aliphatic carbocycles. The quantitative estimate of drug-likeness (QED) is 0.473. The van der Waals surface area contributed by atoms with Crippen LogP contribution in [0.15, 0.2) is 60.7 Å². The number of rotatable bonds is 6. The second kappa shape index (κ2) is 10.3. The standard InChI is InChI=1S/C26H30N4O2/c1-18-9-10-22(30-26(32)29-16-19-11-13-27-14-12-19)15-24(18)25(31)28-17-21-7-4-6-20-5-2-3-8-23(20)21/h2-10,15,19,27H,11-14,16-17H2,1H3,(H,28,31)(H2,29,30,32). The molecule has 1 fully saturated rings. The minimum Gasteiger partial charge on any atom is -0.348 e. The highest BCUT2D eigenvalue weighted by molar-refractivity contribution is 5.98. The van der Waals surface area contributed by atoms with Gasteiger partial charge < -0.3 is 21.3 Å². The number of nitrogens with one attached hydrogen (secondary N) is 4. The van der Waals surface area contributed by atoms with Crippen molar-refractivity contribution in [1.82, 2.24) is 16.0 Å². The third-order valence-corrected chi connectivity index (χ3v) is 6.07. The molecule has 0 saturated carbocycles. The number of fused-ring (bicyclic) bond motifs is 1. The van der Waals surface area contributed by atoms with Crippen molar-refractivity contribution in [3.8, 4) is 0 Å². The number of carbonyl (C=O) groups excluding carboxylic acids is 2. The van der Waals surface area contributed by atoms with Gasteiger partial charge in [-0.05, 0) is 72.8 Å². The Kier molecular flexibility index (Phi) is 7.02. The smallest absolute Gasteiger partial charge is 0.319 e. The van der Waals surface area contributed by atoms with E-state index in [1.807, 2.05) is 43.3 Å². The van der Waals surface area contributed by atoms with Crippen LogP contribution in [0.5, 0.6) is 0 Å². The first-order chi connectivity index (χ1) is 15.6. The lowest BCUT2D eigenvalue weighted by Gasteiger charge is -2.22. The van der Waals surface area contributed by atoms with Crippen molar-refractivity contribution in [2.75, 3.05) is 25.0 Å². The summed E-state index contributed by atoms with van der Waals surface area (Å²) in [4.78, 5) is 25.2. The van der Waals surface area contributed by atoms with E-state index in [1.54, 1.807) is 6.07 Å². The van der Waals surface area contributed by atoms with Gasteiger partial charge in [-0.25, -0.2) is 4.79 Å². The number of anilines is 1. The van der Waals surface area contributed by atoms with Crippen molar-refractivity contribution >= 4 is 28.4 Å². The minimum atomic E-state index is -0.241. The van der Waals surface area contributed by atoms with E-state index in [9.17, 15) is 9.59 Å². The summed E-state index contributed by atoms with van der Waals surface area (Å²) in [6.07, 6.45) is 2.15. The van der Waals surface area contributed by atoms with Gasteiger partial charge in [-0.15, -0.1) is 0 Å². The highest BCUT2D eigenvalue weighted by atomic mass is 16.2. The zero-order chi connectivity index (χ0) is 22.3. The van der Waals surface area contributed by atoms with E-state index in [2.05, 4.69) is 39.5 Å². The summed E-state index contributed by atoms with van der Waals surface area (Å²) in [5.74, 6) is 0.352. The Balaban J connectivity index is 1.37. The Labute approximate surface area is 188 Å². The van der Waals surface area contributed by atoms with E-state index in [0.29, 0.717) is 30.3 Å². The summed E-state index contributed by atoms with van der Waals surface area (Å²) in [6.45, 7) is 5.01. The van der Waals surface area contributed by atoms with Gasteiger partial charge in [0.1, 0.15) is 0 Å². The SMILES string of the molecule is Cc1ccc(NC(=O)NCC2CCNCC2)cc1C(=O)NCc1cccc2ccccc12. The Hall–Kier alpha value is -3.38. The van der Waals surface area contributed by atoms with Crippen LogP contribution in [-0.4, -0.2) is 31.6 Å². The van der Waals surface area contributed by atoms with Gasteiger partial charge in [0.2, 0.25) is 0 Å². The van der Waals surface area contributed by atoms with Crippen molar-refractivity contribution in [1.29, 1.82) is 0 Å². The average Bonchev–Trinajstić information content (AvgIpc) is 2.83. The molecule has 0 unspecified atom stereocenters. The molecular weight excluding hydrogens is 400 g/mol. The van der Waals surface area contributed by atoms with Gasteiger partial charge in [0.25, 0.3) is 5.91 Å². The average molecular weight is 431 g/mol. The van der Waals surface area contributed by atoms with Crippen LogP contribution in [0.1, 0.15) is 34.3 Å². The first kappa shape index (κ1) is 21.8. The van der Waals surface area contributed by atoms with Gasteiger partial charge in [-0.2, -0.15) is 0 Å². The van der Waals surface area contributed by atoms with Crippen LogP contribution in [0.4, 0.5) is 10.5 Å². The maximum Gasteiger partial charge on any atom is 0.319 e. The Morgan fingerprint density at radius 2 is 1.75 bits per heavy atom. The molecule has 0 bridgehead atoms. The number of benzene rings is 3. The van der Waals surface area contributed by atoms with Crippen molar-refractivity contribution < 1.29 is 9.59 Å². The molecule has 1 saturated heterocycles. The van der Waals surface area contributed by atoms with Gasteiger partial charge in [-0.3, -0.25) is 4.79 Å². The molecule has 4 N–H and O–H groups in total. The number of amides is 3. The Bertz CT molecular complexity index is 1100. The molecule has 4 rings (SSSR count). The lowest BCUT2D eigenvalue weighted by molar-refractivity contribution is 0.0950. The van der Waals surface area contributed by atoms with Gasteiger partial charge in [0, 0.05) is 24.3 Å². The molecule has 0 aromatic heterocycles. The molecule has 0 radical (unpaired) electrons. The zero-order valence-corrected chi connectivity index (χ0v) is 18.4. The monoisotopic (exact) mass is 430 g/mol. The molecule has 0 spiro atoms. The van der Waals surface area contributed by atoms with E-state index >= 15 is 0 Å². The van der Waals surface area contributed by atoms with E-state index in [-0.39, 0.29) is 11.9 Å². The van der Waals surface area contributed by atoms with Crippen molar-refractivity contribution in [2.24, 2.45) is 5.92 Å². The topological polar surface area (TPSA) is 82.3 Å². The largest absolute Gasteiger partial charge is 0.348 e. The second-order valence-electron chi connectivity index (χ2n) is 8.38. The fourth-order valence-corrected chi connectivity index (χ4v) is 4.16. The number of hydrogen-bond acceptors (Lipinski definition) is 3. The van der Waals surface area contributed by atoms with E-state index in [4.69, 9.17) is 0 Å². The Morgan fingerprint density at radius 1 is 0.969 bits per heavy atom. The highest BCUT2D eigenvalue weighted by Crippen LogP contribution is 2.19. The molecule has 3 amide bonds. The highest BCUT2D eigenvalue weighted by Gasteiger charge is 2.15. The summed E-state index contributed by atoms with van der Waals surface area (Å²) >= 11 is 0. The van der Waals surface area contributed by atoms with E-state index in [0.717, 1.165) is 47.8 Å². The van der Waals surface area contributed by atoms with Crippen LogP contribution < -0.4 is 21.3 Å². The van der Waals surface area contributed by atoms with E-state index in [1.165, 1.54) is 0 Å². The lowest BCUT2D eigenvalue weighted by Crippen LogP contribution is -2.37. The van der Waals surface area contributed by atoms with Crippen LogP contribution in [0, 0.1) is 12.8 Å². The van der Waals surface area contributed by atoms with E-state index < -0.39 is 0 Å². The normalized spacial score (nSPS) is 14.2. The molecule has 3 aromatic rings. The van der Waals surface area contributed by atoms with Crippen LogP contribution in [0.25, 0.3) is 10.8 Å². The number of piperidine rings is 1. The summed E-state index contributed by atoms with van der Waals surface area (Å²) in [5, 5.41) is 14.4. The number of aryl methyl sites for hydroxylation is 1. The first-order valence-corrected chi connectivity index (χ1v) is 11.2. The van der Waals surface area contributed by atoms with Crippen molar-refractivity contribution in [2.45, 2.75) is 26.3 Å². The molecule has 0 atom stereocenters. The molecule has 1 aliphatic rings. The fourth-order valence-electron chi connectivity index (χ4n) is 4.16. The number of carbonyl (C=O) groups is 2. The summed E-state index contributed by atoms with van der Waals surface area (Å²) < 4.78 is 0. The third kappa shape index (κ3) is 5.45. The minimum absolute atomic E-state index is 0.158. The van der Waals surface area contributed by atoms with Crippen molar-refractivity contribution in [3.05, 3.63) is 77.4 Å². The van der Waals surface area contributed by atoms with Gasteiger partial charge in [0.05, 0.1) is 0 Å². The fraction of sp³-hybridized carbons (Fsp3) is 0.308. The maximum atomic E-state index is 12.9. The number of hydrogen-bond donors (Lipinski definition) is 4. The summed E-state index contributed by atoms with van der Waals surface area (Å²) in [6, 6.07) is 19.4. The molecule has 6 nitrogen and oxygen atoms in total. The van der Waals surface area contributed by atoms with Gasteiger partial charge >= 0.3 is 6.03 Å². The van der Waals surface area contributed by atoms with Crippen LogP contribution >= 0.6 is 0 Å². The Morgan fingerprint density at radius 3 is 2.59 bits per heavy atom. The van der Waals surface area contributed by atoms with Crippen molar-refractivity contribution in [3.63, 3.8) is 0 Å².